The number of fused-ring (bicyclic) bond motifs is 3. The lowest BCUT2D eigenvalue weighted by atomic mass is 9.96. The number of rotatable bonds is 14. The lowest BCUT2D eigenvalue weighted by Gasteiger charge is -2.27. The molecule has 0 radical (unpaired) electrons. The molecule has 0 bridgehead atoms. The maximum atomic E-state index is 12.8. The van der Waals surface area contributed by atoms with E-state index in [9.17, 15) is 9.59 Å². The number of aliphatic carboxylic acids is 1. The van der Waals surface area contributed by atoms with Gasteiger partial charge in [-0.1, -0.05) is 88.3 Å². The second-order valence-electron chi connectivity index (χ2n) is 11.3. The number of carboxylic acid groups (broad SMARTS) is 1. The summed E-state index contributed by atoms with van der Waals surface area (Å²) in [6, 6.07) is 15.4. The Bertz CT molecular complexity index is 1290. The summed E-state index contributed by atoms with van der Waals surface area (Å²) in [5.74, 6) is -0.0315. The van der Waals surface area contributed by atoms with Crippen LogP contribution in [0.3, 0.4) is 0 Å². The molecule has 218 valence electrons. The van der Waals surface area contributed by atoms with Crippen LogP contribution in [0.25, 0.3) is 6.08 Å². The molecule has 0 spiro atoms. The quantitative estimate of drug-likeness (QED) is 0.134. The van der Waals surface area contributed by atoms with Gasteiger partial charge in [0.2, 0.25) is 0 Å². The van der Waals surface area contributed by atoms with Gasteiger partial charge in [-0.15, -0.1) is 0 Å². The van der Waals surface area contributed by atoms with Gasteiger partial charge >= 0.3 is 5.97 Å². The van der Waals surface area contributed by atoms with Crippen molar-refractivity contribution in [1.82, 2.24) is 4.90 Å². The molecule has 3 aliphatic rings. The van der Waals surface area contributed by atoms with Crippen LogP contribution >= 0.6 is 24.0 Å². The van der Waals surface area contributed by atoms with E-state index in [4.69, 9.17) is 22.1 Å². The average molecular weight is 593 g/mol. The highest BCUT2D eigenvalue weighted by molar-refractivity contribution is 8.26. The Labute approximate surface area is 253 Å². The summed E-state index contributed by atoms with van der Waals surface area (Å²) in [5, 5.41) is 9.11. The largest absolute Gasteiger partial charge is 0.494 e. The van der Waals surface area contributed by atoms with Gasteiger partial charge in [-0.25, -0.2) is 0 Å². The number of thiocarbonyl (C=S) groups is 1. The van der Waals surface area contributed by atoms with Crippen molar-refractivity contribution in [2.24, 2.45) is 0 Å². The molecule has 1 aliphatic carbocycles. The molecule has 2 heterocycles. The highest BCUT2D eigenvalue weighted by atomic mass is 32.2. The number of amides is 1. The number of nitrogens with zero attached hydrogens (tertiary/aromatic N) is 2. The third-order valence-electron chi connectivity index (χ3n) is 8.37. The molecule has 1 saturated heterocycles. The van der Waals surface area contributed by atoms with Gasteiger partial charge in [0.05, 0.1) is 11.5 Å². The molecule has 8 heteroatoms. The average Bonchev–Trinajstić information content (AvgIpc) is 3.62. The molecule has 2 fully saturated rings. The zero-order valence-electron chi connectivity index (χ0n) is 23.8. The predicted octanol–water partition coefficient (Wildman–Crippen LogP) is 8.28. The molecular formula is C33H40N2O4S2. The fraction of sp³-hybridized carbons (Fsp3) is 0.485. The topological polar surface area (TPSA) is 70.1 Å². The van der Waals surface area contributed by atoms with Crippen molar-refractivity contribution in [1.29, 1.82) is 0 Å². The highest BCUT2D eigenvalue weighted by Crippen LogP contribution is 2.52. The van der Waals surface area contributed by atoms with E-state index in [1.54, 1.807) is 0 Å². The van der Waals surface area contributed by atoms with Crippen LogP contribution in [0.1, 0.15) is 94.6 Å². The summed E-state index contributed by atoms with van der Waals surface area (Å²) >= 11 is 6.42. The lowest BCUT2D eigenvalue weighted by Crippen LogP contribution is -2.33. The van der Waals surface area contributed by atoms with E-state index in [1.807, 2.05) is 12.1 Å². The van der Waals surface area contributed by atoms with E-state index in [-0.39, 0.29) is 10.2 Å². The van der Waals surface area contributed by atoms with Crippen LogP contribution in [0.15, 0.2) is 47.4 Å². The third-order valence-corrected chi connectivity index (χ3v) is 9.75. The van der Waals surface area contributed by atoms with E-state index < -0.39 is 12.5 Å². The first-order valence-corrected chi connectivity index (χ1v) is 16.3. The highest BCUT2D eigenvalue weighted by Gasteiger charge is 2.42. The van der Waals surface area contributed by atoms with Crippen LogP contribution in [0.5, 0.6) is 5.75 Å². The number of thioether (sulfide) groups is 1. The molecule has 2 unspecified atom stereocenters. The summed E-state index contributed by atoms with van der Waals surface area (Å²) in [6.45, 7) is 2.62. The number of anilines is 2. The zero-order valence-corrected chi connectivity index (χ0v) is 25.5. The Balaban J connectivity index is 1.22. The summed E-state index contributed by atoms with van der Waals surface area (Å²) in [6.07, 6.45) is 15.7. The third kappa shape index (κ3) is 6.97. The number of carbonyl (C=O) groups excluding carboxylic acids is 1. The van der Waals surface area contributed by atoms with Crippen molar-refractivity contribution in [2.75, 3.05) is 18.1 Å². The van der Waals surface area contributed by atoms with Crippen LogP contribution in [0.2, 0.25) is 0 Å². The molecule has 1 N–H and O–H groups in total. The number of carboxylic acids is 1. The van der Waals surface area contributed by atoms with Gasteiger partial charge in [-0.2, -0.15) is 0 Å². The number of hydrogen-bond donors (Lipinski definition) is 1. The summed E-state index contributed by atoms with van der Waals surface area (Å²) in [7, 11) is 0. The summed E-state index contributed by atoms with van der Waals surface area (Å²) in [4.78, 5) is 28.0. The first kappa shape index (κ1) is 29.6. The summed E-state index contributed by atoms with van der Waals surface area (Å²) < 4.78 is 6.34. The standard InChI is InChI=1S/C33H40N2O4S2/c1-2-3-4-5-6-7-8-9-19-39-25-16-14-24(15-17-25)35-28-12-10-11-26(28)27-20-23(13-18-29(27)35)21-30-32(38)34(22-31(36)37)33(40)41-30/h13-18,20-21,26,28H,2-12,19,22H2,1H3,(H,36,37). The first-order chi connectivity index (χ1) is 20.0. The van der Waals surface area contributed by atoms with Crippen LogP contribution in [0, 0.1) is 0 Å². The van der Waals surface area contributed by atoms with Crippen LogP contribution < -0.4 is 9.64 Å². The molecular weight excluding hydrogens is 553 g/mol. The van der Waals surface area contributed by atoms with Crippen LogP contribution in [0.4, 0.5) is 11.4 Å². The fourth-order valence-corrected chi connectivity index (χ4v) is 7.61. The van der Waals surface area contributed by atoms with Gasteiger partial charge in [0.1, 0.15) is 16.6 Å². The van der Waals surface area contributed by atoms with Crippen LogP contribution in [-0.2, 0) is 9.59 Å². The summed E-state index contributed by atoms with van der Waals surface area (Å²) in [5.41, 5.74) is 4.67. The minimum absolute atomic E-state index is 0.289. The van der Waals surface area contributed by atoms with Gasteiger partial charge in [0.25, 0.3) is 5.91 Å². The Hall–Kier alpha value is -2.84. The van der Waals surface area contributed by atoms with Crippen molar-refractivity contribution in [3.8, 4) is 5.75 Å². The van der Waals surface area contributed by atoms with Crippen LogP contribution in [-0.4, -0.2) is 45.4 Å². The number of unbranched alkanes of at least 4 members (excludes halogenated alkanes) is 7. The van der Waals surface area contributed by atoms with Crippen molar-refractivity contribution in [2.45, 2.75) is 89.5 Å². The van der Waals surface area contributed by atoms with Gasteiger partial charge in [0.15, 0.2) is 0 Å². The molecule has 2 aliphatic heterocycles. The first-order valence-electron chi connectivity index (χ1n) is 15.1. The molecule has 1 amide bonds. The Morgan fingerprint density at radius 2 is 1.78 bits per heavy atom. The van der Waals surface area contributed by atoms with E-state index in [0.717, 1.165) is 42.1 Å². The Morgan fingerprint density at radius 3 is 2.51 bits per heavy atom. The van der Waals surface area contributed by atoms with Gasteiger partial charge in [-0.3, -0.25) is 14.5 Å². The molecule has 41 heavy (non-hydrogen) atoms. The van der Waals surface area contributed by atoms with E-state index in [0.29, 0.717) is 16.9 Å². The predicted molar refractivity (Wildman–Crippen MR) is 171 cm³/mol. The van der Waals surface area contributed by atoms with Gasteiger partial charge in [-0.05, 0) is 72.9 Å². The SMILES string of the molecule is CCCCCCCCCCOc1ccc(N2c3ccc(C=C4SC(=S)N(CC(=O)O)C4=O)cc3C3CCCC32)cc1. The van der Waals surface area contributed by atoms with Crippen molar-refractivity contribution in [3.05, 3.63) is 58.5 Å². The normalized spacial score (nSPS) is 20.7. The lowest BCUT2D eigenvalue weighted by molar-refractivity contribution is -0.140. The molecule has 2 aromatic rings. The van der Waals surface area contributed by atoms with Crippen molar-refractivity contribution in [3.63, 3.8) is 0 Å². The maximum Gasteiger partial charge on any atom is 0.323 e. The minimum atomic E-state index is -1.07. The van der Waals surface area contributed by atoms with Gasteiger partial charge < -0.3 is 14.7 Å². The molecule has 5 rings (SSSR count). The Kier molecular flexibility index (Phi) is 10.0. The molecule has 1 saturated carbocycles. The fourth-order valence-electron chi connectivity index (χ4n) is 6.35. The second kappa shape index (κ2) is 13.9. The minimum Gasteiger partial charge on any atom is -0.494 e. The molecule has 2 atom stereocenters. The monoisotopic (exact) mass is 592 g/mol. The van der Waals surface area contributed by atoms with E-state index in [2.05, 4.69) is 48.2 Å². The maximum absolute atomic E-state index is 12.8. The number of ether oxygens (including phenoxy) is 1. The molecule has 2 aromatic carbocycles. The smallest absolute Gasteiger partial charge is 0.323 e. The second-order valence-corrected chi connectivity index (χ2v) is 12.9. The molecule has 6 nitrogen and oxygen atoms in total. The van der Waals surface area contributed by atoms with E-state index in [1.165, 1.54) is 80.1 Å². The zero-order chi connectivity index (χ0) is 28.8. The number of carbonyl (C=O) groups is 2. The molecule has 0 aromatic heterocycles. The number of benzene rings is 2. The Morgan fingerprint density at radius 1 is 1.05 bits per heavy atom. The number of hydrogen-bond acceptors (Lipinski definition) is 6. The van der Waals surface area contributed by atoms with Gasteiger partial charge in [0, 0.05) is 23.3 Å². The van der Waals surface area contributed by atoms with Crippen molar-refractivity contribution < 1.29 is 19.4 Å². The van der Waals surface area contributed by atoms with E-state index >= 15 is 0 Å². The van der Waals surface area contributed by atoms with Crippen molar-refractivity contribution >= 4 is 57.6 Å².